The van der Waals surface area contributed by atoms with Crippen molar-refractivity contribution in [2.45, 2.75) is 6.42 Å². The maximum absolute atomic E-state index is 11.6. The number of carbonyl (C=O) groups is 1. The molecule has 0 radical (unpaired) electrons. The fourth-order valence-corrected chi connectivity index (χ4v) is 1.53. The lowest BCUT2D eigenvalue weighted by Crippen LogP contribution is -2.16. The number of rotatable bonds is 2. The summed E-state index contributed by atoms with van der Waals surface area (Å²) in [6, 6.07) is 4.35. The average Bonchev–Trinajstić information content (AvgIpc) is 2.18. The second-order valence-corrected chi connectivity index (χ2v) is 3.67. The molecule has 0 spiro atoms. The van der Waals surface area contributed by atoms with E-state index in [1.54, 1.807) is 12.1 Å². The van der Waals surface area contributed by atoms with Gasteiger partial charge in [-0.3, -0.25) is 14.0 Å². The van der Waals surface area contributed by atoms with Gasteiger partial charge in [0.25, 0.3) is 5.56 Å². The summed E-state index contributed by atoms with van der Waals surface area (Å²) >= 11 is 5.73. The van der Waals surface area contributed by atoms with Crippen LogP contribution in [0.4, 0.5) is 0 Å². The van der Waals surface area contributed by atoms with Crippen molar-refractivity contribution in [1.82, 2.24) is 9.38 Å². The molecule has 0 saturated heterocycles. The van der Waals surface area contributed by atoms with Crippen molar-refractivity contribution in [3.8, 4) is 0 Å². The maximum Gasteiger partial charge on any atom is 0.309 e. The molecule has 0 bridgehead atoms. The van der Waals surface area contributed by atoms with Gasteiger partial charge in [-0.1, -0.05) is 11.6 Å². The van der Waals surface area contributed by atoms with E-state index in [2.05, 4.69) is 4.98 Å². The Balaban J connectivity index is 2.64. The van der Waals surface area contributed by atoms with Crippen LogP contribution in [-0.2, 0) is 11.2 Å². The predicted octanol–water partition coefficient (Wildman–Crippen LogP) is 0.975. The largest absolute Gasteiger partial charge is 0.481 e. The molecule has 0 fully saturated rings. The van der Waals surface area contributed by atoms with Crippen molar-refractivity contribution >= 4 is 23.2 Å². The molecule has 0 saturated carbocycles. The highest BCUT2D eigenvalue weighted by molar-refractivity contribution is 6.30. The fraction of sp³-hybridized carbons (Fsp3) is 0.100. The molecule has 2 rings (SSSR count). The summed E-state index contributed by atoms with van der Waals surface area (Å²) in [5, 5.41) is 9.02. The van der Waals surface area contributed by atoms with E-state index >= 15 is 0 Å². The van der Waals surface area contributed by atoms with E-state index in [1.165, 1.54) is 16.7 Å². The molecule has 0 aromatic carbocycles. The highest BCUT2D eigenvalue weighted by Gasteiger charge is 2.06. The maximum atomic E-state index is 11.6. The fourth-order valence-electron chi connectivity index (χ4n) is 1.37. The minimum atomic E-state index is -1.02. The van der Waals surface area contributed by atoms with Crippen molar-refractivity contribution in [3.63, 3.8) is 0 Å². The van der Waals surface area contributed by atoms with Crippen LogP contribution in [0.15, 0.2) is 29.2 Å². The van der Waals surface area contributed by atoms with Crippen LogP contribution in [-0.4, -0.2) is 20.5 Å². The van der Waals surface area contributed by atoms with Crippen LogP contribution in [0.5, 0.6) is 0 Å². The summed E-state index contributed by atoms with van der Waals surface area (Å²) in [5.41, 5.74) is 0.275. The standard InChI is InChI=1S/C10H7ClN2O3/c11-6-1-2-8-12-7(4-10(15)16)3-9(14)13(8)5-6/h1-3,5H,4H2,(H,15,16). The molecule has 0 unspecified atom stereocenters. The number of halogens is 1. The van der Waals surface area contributed by atoms with Gasteiger partial charge < -0.3 is 5.11 Å². The van der Waals surface area contributed by atoms with Crippen molar-refractivity contribution < 1.29 is 9.90 Å². The summed E-state index contributed by atoms with van der Waals surface area (Å²) in [6.45, 7) is 0. The van der Waals surface area contributed by atoms with Gasteiger partial charge in [-0.15, -0.1) is 0 Å². The number of hydrogen-bond acceptors (Lipinski definition) is 3. The van der Waals surface area contributed by atoms with Gasteiger partial charge in [0.2, 0.25) is 0 Å². The van der Waals surface area contributed by atoms with Crippen molar-refractivity contribution in [1.29, 1.82) is 0 Å². The van der Waals surface area contributed by atoms with E-state index in [-0.39, 0.29) is 17.7 Å². The topological polar surface area (TPSA) is 71.7 Å². The van der Waals surface area contributed by atoms with E-state index in [0.29, 0.717) is 10.7 Å². The van der Waals surface area contributed by atoms with E-state index < -0.39 is 5.97 Å². The molecule has 2 aromatic rings. The first-order chi connectivity index (χ1) is 7.56. The summed E-state index contributed by atoms with van der Waals surface area (Å²) < 4.78 is 1.27. The number of nitrogens with zero attached hydrogens (tertiary/aromatic N) is 2. The first-order valence-electron chi connectivity index (χ1n) is 4.46. The molecule has 0 amide bonds. The first-order valence-corrected chi connectivity index (χ1v) is 4.84. The molecule has 0 aliphatic heterocycles. The predicted molar refractivity (Wildman–Crippen MR) is 57.8 cm³/mol. The number of fused-ring (bicyclic) bond motifs is 1. The average molecular weight is 239 g/mol. The number of aliphatic carboxylic acids is 1. The van der Waals surface area contributed by atoms with Gasteiger partial charge in [0.05, 0.1) is 17.1 Å². The zero-order valence-corrected chi connectivity index (χ0v) is 8.81. The lowest BCUT2D eigenvalue weighted by molar-refractivity contribution is -0.136. The molecule has 0 atom stereocenters. The minimum Gasteiger partial charge on any atom is -0.481 e. The van der Waals surface area contributed by atoms with Gasteiger partial charge in [-0.2, -0.15) is 0 Å². The molecule has 0 aliphatic rings. The van der Waals surface area contributed by atoms with Gasteiger partial charge >= 0.3 is 5.97 Å². The molecule has 16 heavy (non-hydrogen) atoms. The van der Waals surface area contributed by atoms with Crippen LogP contribution >= 0.6 is 11.6 Å². The molecule has 2 heterocycles. The van der Waals surface area contributed by atoms with Gasteiger partial charge in [0.15, 0.2) is 0 Å². The zero-order chi connectivity index (χ0) is 11.7. The number of carboxylic acids is 1. The number of carboxylic acid groups (broad SMARTS) is 1. The molecule has 0 aliphatic carbocycles. The molecule has 2 aromatic heterocycles. The SMILES string of the molecule is O=C(O)Cc1cc(=O)n2cc(Cl)ccc2n1. The monoisotopic (exact) mass is 238 g/mol. The Hall–Kier alpha value is -1.88. The normalized spacial score (nSPS) is 10.6. The Morgan fingerprint density at radius 2 is 2.25 bits per heavy atom. The third kappa shape index (κ3) is 2.04. The lowest BCUT2D eigenvalue weighted by atomic mass is 10.3. The Bertz CT molecular complexity index is 621. The van der Waals surface area contributed by atoms with E-state index in [0.717, 1.165) is 0 Å². The molecule has 1 N–H and O–H groups in total. The van der Waals surface area contributed by atoms with E-state index in [9.17, 15) is 9.59 Å². The molecule has 82 valence electrons. The third-order valence-electron chi connectivity index (χ3n) is 2.01. The molecule has 5 nitrogen and oxygen atoms in total. The number of aromatic nitrogens is 2. The van der Waals surface area contributed by atoms with Crippen LogP contribution in [0.25, 0.3) is 5.65 Å². The zero-order valence-electron chi connectivity index (χ0n) is 8.05. The summed E-state index contributed by atoms with van der Waals surface area (Å²) in [7, 11) is 0. The van der Waals surface area contributed by atoms with Gasteiger partial charge in [0, 0.05) is 12.3 Å². The van der Waals surface area contributed by atoms with Gasteiger partial charge in [0.1, 0.15) is 5.65 Å². The second-order valence-electron chi connectivity index (χ2n) is 3.23. The Morgan fingerprint density at radius 1 is 1.50 bits per heavy atom. The van der Waals surface area contributed by atoms with E-state index in [4.69, 9.17) is 16.7 Å². The molecular weight excluding hydrogens is 232 g/mol. The van der Waals surface area contributed by atoms with Crippen LogP contribution in [0.2, 0.25) is 5.02 Å². The quantitative estimate of drug-likeness (QED) is 0.846. The van der Waals surface area contributed by atoms with Crippen LogP contribution in [0.1, 0.15) is 5.69 Å². The van der Waals surface area contributed by atoms with Gasteiger partial charge in [-0.25, -0.2) is 4.98 Å². The van der Waals surface area contributed by atoms with Crippen molar-refractivity contribution in [2.75, 3.05) is 0 Å². The van der Waals surface area contributed by atoms with Gasteiger partial charge in [-0.05, 0) is 12.1 Å². The van der Waals surface area contributed by atoms with Crippen LogP contribution in [0.3, 0.4) is 0 Å². The third-order valence-corrected chi connectivity index (χ3v) is 2.23. The van der Waals surface area contributed by atoms with E-state index in [1.807, 2.05) is 0 Å². The smallest absolute Gasteiger partial charge is 0.309 e. The Labute approximate surface area is 94.9 Å². The summed E-state index contributed by atoms with van der Waals surface area (Å²) in [5.74, 6) is -1.02. The van der Waals surface area contributed by atoms with Crippen LogP contribution in [0, 0.1) is 0 Å². The minimum absolute atomic E-state index is 0.236. The Morgan fingerprint density at radius 3 is 2.94 bits per heavy atom. The lowest BCUT2D eigenvalue weighted by Gasteiger charge is -2.02. The number of hydrogen-bond donors (Lipinski definition) is 1. The number of pyridine rings is 1. The van der Waals surface area contributed by atoms with Crippen LogP contribution < -0.4 is 5.56 Å². The molecular formula is C10H7ClN2O3. The van der Waals surface area contributed by atoms with Crippen molar-refractivity contribution in [2.24, 2.45) is 0 Å². The highest BCUT2D eigenvalue weighted by atomic mass is 35.5. The Kier molecular flexibility index (Phi) is 2.62. The first kappa shape index (κ1) is 10.6. The molecule has 6 heteroatoms. The highest BCUT2D eigenvalue weighted by Crippen LogP contribution is 2.08. The van der Waals surface area contributed by atoms with Crippen molar-refractivity contribution in [3.05, 3.63) is 45.5 Å². The summed E-state index contributed by atoms with van der Waals surface area (Å²) in [6.07, 6.45) is 1.17. The second kappa shape index (κ2) is 3.94. The summed E-state index contributed by atoms with van der Waals surface area (Å²) in [4.78, 5) is 26.1.